The van der Waals surface area contributed by atoms with Crippen LogP contribution < -0.4 is 5.73 Å². The van der Waals surface area contributed by atoms with Crippen LogP contribution in [0.25, 0.3) is 22.5 Å². The maximum absolute atomic E-state index is 11.5. The van der Waals surface area contributed by atoms with Gasteiger partial charge in [0.2, 0.25) is 0 Å². The molecule has 2 heterocycles. The van der Waals surface area contributed by atoms with Gasteiger partial charge < -0.3 is 15.8 Å². The summed E-state index contributed by atoms with van der Waals surface area (Å²) in [6, 6.07) is 10.8. The minimum atomic E-state index is -1.11. The minimum absolute atomic E-state index is 0.0531. The van der Waals surface area contributed by atoms with Gasteiger partial charge in [-0.3, -0.25) is 15.1 Å². The first-order valence-electron chi connectivity index (χ1n) is 11.8. The highest BCUT2D eigenvalue weighted by Crippen LogP contribution is 2.30. The van der Waals surface area contributed by atoms with Crippen molar-refractivity contribution in [3.63, 3.8) is 0 Å². The highest BCUT2D eigenvalue weighted by atomic mass is 16.6. The van der Waals surface area contributed by atoms with Crippen molar-refractivity contribution in [1.29, 1.82) is 0 Å². The molecule has 0 aliphatic heterocycles. The molecule has 0 fully saturated rings. The molecule has 8 nitrogen and oxygen atoms in total. The lowest BCUT2D eigenvalue weighted by Gasteiger charge is -2.01. The normalized spacial score (nSPS) is 10.4. The van der Waals surface area contributed by atoms with Crippen molar-refractivity contribution >= 4 is 11.7 Å². The highest BCUT2D eigenvalue weighted by Gasteiger charge is 2.18. The molecule has 2 aromatic heterocycles. The second kappa shape index (κ2) is 14.6. The molecular formula is C26H34N4O4. The Labute approximate surface area is 200 Å². The molecule has 0 spiro atoms. The topological polar surface area (TPSA) is 135 Å². The van der Waals surface area contributed by atoms with Crippen LogP contribution in [-0.4, -0.2) is 32.5 Å². The molecule has 34 heavy (non-hydrogen) atoms. The molecule has 0 saturated carbocycles. The molecule has 0 unspecified atom stereocenters. The van der Waals surface area contributed by atoms with Crippen LogP contribution in [0.3, 0.4) is 0 Å². The zero-order chi connectivity index (χ0) is 24.8. The number of benzene rings is 1. The van der Waals surface area contributed by atoms with Gasteiger partial charge >= 0.3 is 5.97 Å². The fourth-order valence-electron chi connectivity index (χ4n) is 3.59. The summed E-state index contributed by atoms with van der Waals surface area (Å²) in [6.07, 6.45) is 14.2. The number of carbonyl (C=O) groups is 1. The number of nitrogens with two attached hydrogens (primary N) is 1. The lowest BCUT2D eigenvalue weighted by Crippen LogP contribution is -1.97. The summed E-state index contributed by atoms with van der Waals surface area (Å²) in [6.45, 7) is 3.13. The average molecular weight is 467 g/mol. The molecule has 0 atom stereocenters. The standard InChI is InChI=1S/C16H11N3O4.C10H23N/c20-16(21)13-9-14(10-4-6-17-7-5-10)18-15(13)11-2-1-3-12(8-11)19(22)23;1-2-3-4-5-6-7-8-9-10-11/h1-9,18H,(H,20,21);2-11H2,1H3. The van der Waals surface area contributed by atoms with Crippen LogP contribution in [0.4, 0.5) is 5.69 Å². The first-order valence-corrected chi connectivity index (χ1v) is 11.8. The summed E-state index contributed by atoms with van der Waals surface area (Å²) in [7, 11) is 0. The molecule has 4 N–H and O–H groups in total. The van der Waals surface area contributed by atoms with Gasteiger partial charge in [-0.15, -0.1) is 0 Å². The van der Waals surface area contributed by atoms with Crippen molar-refractivity contribution in [2.45, 2.75) is 58.3 Å². The van der Waals surface area contributed by atoms with Crippen LogP contribution in [0.2, 0.25) is 0 Å². The molecule has 3 aromatic rings. The van der Waals surface area contributed by atoms with Gasteiger partial charge in [0.25, 0.3) is 5.69 Å². The SMILES string of the molecule is CCCCCCCCCCN.O=C(O)c1cc(-c2ccncc2)[nH]c1-c1cccc([N+](=O)[O-])c1. The van der Waals surface area contributed by atoms with Crippen LogP contribution >= 0.6 is 0 Å². The zero-order valence-corrected chi connectivity index (χ0v) is 19.7. The van der Waals surface area contributed by atoms with E-state index in [4.69, 9.17) is 5.73 Å². The molecule has 3 rings (SSSR count). The van der Waals surface area contributed by atoms with E-state index in [0.717, 1.165) is 12.1 Å². The van der Waals surface area contributed by atoms with E-state index in [0.29, 0.717) is 17.0 Å². The number of pyridine rings is 1. The first kappa shape index (κ1) is 26.7. The number of aromatic carboxylic acids is 1. The summed E-state index contributed by atoms with van der Waals surface area (Å²) in [5.41, 5.74) is 7.49. The Hall–Kier alpha value is -3.52. The smallest absolute Gasteiger partial charge is 0.337 e. The number of hydrogen-bond acceptors (Lipinski definition) is 5. The molecule has 0 amide bonds. The van der Waals surface area contributed by atoms with Gasteiger partial charge in [0.05, 0.1) is 16.2 Å². The molecule has 182 valence electrons. The lowest BCUT2D eigenvalue weighted by molar-refractivity contribution is -0.384. The Kier molecular flexibility index (Phi) is 11.5. The summed E-state index contributed by atoms with van der Waals surface area (Å²) in [4.78, 5) is 28.8. The third kappa shape index (κ3) is 8.44. The fourth-order valence-corrected chi connectivity index (χ4v) is 3.59. The third-order valence-electron chi connectivity index (χ3n) is 5.44. The van der Waals surface area contributed by atoms with Crippen molar-refractivity contribution in [2.24, 2.45) is 5.73 Å². The van der Waals surface area contributed by atoms with E-state index < -0.39 is 10.9 Å². The predicted molar refractivity (Wildman–Crippen MR) is 135 cm³/mol. The van der Waals surface area contributed by atoms with E-state index in [1.165, 1.54) is 75.6 Å². The Bertz CT molecular complexity index is 1030. The maximum Gasteiger partial charge on any atom is 0.337 e. The van der Waals surface area contributed by atoms with E-state index in [1.54, 1.807) is 30.6 Å². The van der Waals surface area contributed by atoms with E-state index in [-0.39, 0.29) is 11.3 Å². The second-order valence-corrected chi connectivity index (χ2v) is 8.08. The van der Waals surface area contributed by atoms with Gasteiger partial charge in [-0.25, -0.2) is 4.79 Å². The summed E-state index contributed by atoms with van der Waals surface area (Å²) in [5, 5.41) is 20.3. The van der Waals surface area contributed by atoms with Crippen molar-refractivity contribution in [1.82, 2.24) is 9.97 Å². The molecule has 8 heteroatoms. The number of non-ortho nitro benzene ring substituents is 1. The average Bonchev–Trinajstić information content (AvgIpc) is 3.31. The van der Waals surface area contributed by atoms with Crippen LogP contribution in [0.15, 0.2) is 54.9 Å². The van der Waals surface area contributed by atoms with E-state index in [2.05, 4.69) is 16.9 Å². The molecule has 0 saturated heterocycles. The van der Waals surface area contributed by atoms with Gasteiger partial charge in [0.15, 0.2) is 0 Å². The van der Waals surface area contributed by atoms with Crippen LogP contribution in [0.5, 0.6) is 0 Å². The van der Waals surface area contributed by atoms with Gasteiger partial charge in [0.1, 0.15) is 0 Å². The largest absolute Gasteiger partial charge is 0.478 e. The molecular weight excluding hydrogens is 432 g/mol. The highest BCUT2D eigenvalue weighted by molar-refractivity contribution is 5.97. The number of unbranched alkanes of at least 4 members (excludes halogenated alkanes) is 7. The third-order valence-corrected chi connectivity index (χ3v) is 5.44. The summed E-state index contributed by atoms with van der Waals surface area (Å²) in [5.74, 6) is -1.11. The number of aromatic amines is 1. The number of carboxylic acid groups (broad SMARTS) is 1. The summed E-state index contributed by atoms with van der Waals surface area (Å²) < 4.78 is 0. The van der Waals surface area contributed by atoms with Crippen molar-refractivity contribution < 1.29 is 14.8 Å². The molecule has 0 radical (unpaired) electrons. The zero-order valence-electron chi connectivity index (χ0n) is 19.7. The van der Waals surface area contributed by atoms with Crippen molar-refractivity contribution in [3.05, 3.63) is 70.5 Å². The van der Waals surface area contributed by atoms with Gasteiger partial charge in [-0.2, -0.15) is 0 Å². The Morgan fingerprint density at radius 3 is 2.24 bits per heavy atom. The fraction of sp³-hybridized carbons (Fsp3) is 0.385. The number of nitro groups is 1. The number of nitrogens with zero attached hydrogens (tertiary/aromatic N) is 2. The van der Waals surface area contributed by atoms with Crippen LogP contribution in [-0.2, 0) is 0 Å². The quantitative estimate of drug-likeness (QED) is 0.160. The number of aromatic nitrogens is 2. The number of nitro benzene ring substituents is 1. The van der Waals surface area contributed by atoms with Gasteiger partial charge in [0, 0.05) is 41.3 Å². The molecule has 0 aliphatic carbocycles. The van der Waals surface area contributed by atoms with E-state index >= 15 is 0 Å². The molecule has 0 aliphatic rings. The van der Waals surface area contributed by atoms with E-state index in [9.17, 15) is 20.0 Å². The van der Waals surface area contributed by atoms with Crippen molar-refractivity contribution in [2.75, 3.05) is 6.54 Å². The van der Waals surface area contributed by atoms with Crippen molar-refractivity contribution in [3.8, 4) is 22.5 Å². The Balaban J connectivity index is 0.000000316. The van der Waals surface area contributed by atoms with Gasteiger partial charge in [-0.1, -0.05) is 64.0 Å². The Morgan fingerprint density at radius 1 is 1.00 bits per heavy atom. The molecule has 1 aromatic carbocycles. The molecule has 0 bridgehead atoms. The number of nitrogens with one attached hydrogen (secondary N) is 1. The number of carboxylic acids is 1. The maximum atomic E-state index is 11.5. The second-order valence-electron chi connectivity index (χ2n) is 8.08. The monoisotopic (exact) mass is 466 g/mol. The number of hydrogen-bond donors (Lipinski definition) is 3. The van der Waals surface area contributed by atoms with Gasteiger partial charge in [-0.05, 0) is 31.2 Å². The number of rotatable bonds is 12. The van der Waals surface area contributed by atoms with Crippen LogP contribution in [0, 0.1) is 10.1 Å². The lowest BCUT2D eigenvalue weighted by atomic mass is 10.1. The van der Waals surface area contributed by atoms with E-state index in [1.807, 2.05) is 0 Å². The minimum Gasteiger partial charge on any atom is -0.478 e. The number of H-pyrrole nitrogens is 1. The Morgan fingerprint density at radius 2 is 1.65 bits per heavy atom. The predicted octanol–water partition coefficient (Wildman–Crippen LogP) is 6.44. The summed E-state index contributed by atoms with van der Waals surface area (Å²) >= 11 is 0. The first-order chi connectivity index (χ1) is 16.5. The van der Waals surface area contributed by atoms with Crippen LogP contribution in [0.1, 0.15) is 68.6 Å².